The van der Waals surface area contributed by atoms with Crippen molar-refractivity contribution in [2.45, 2.75) is 25.4 Å². The number of rotatable bonds is 7. The van der Waals surface area contributed by atoms with Gasteiger partial charge in [-0.15, -0.1) is 0 Å². The first-order chi connectivity index (χ1) is 8.30. The Morgan fingerprint density at radius 1 is 1.35 bits per heavy atom. The van der Waals surface area contributed by atoms with Crippen LogP contribution in [0.1, 0.15) is 19.3 Å². The van der Waals surface area contributed by atoms with Gasteiger partial charge in [0.25, 0.3) is 0 Å². The van der Waals surface area contributed by atoms with Crippen LogP contribution in [-0.4, -0.2) is 53.1 Å². The zero-order valence-electron chi connectivity index (χ0n) is 11.1. The number of methoxy groups -OCH3 is 2. The highest BCUT2D eigenvalue weighted by Crippen LogP contribution is 2.58. The molecule has 0 amide bonds. The van der Waals surface area contributed by atoms with Crippen molar-refractivity contribution < 1.29 is 9.47 Å². The first kappa shape index (κ1) is 13.3. The van der Waals surface area contributed by atoms with E-state index < -0.39 is 0 Å². The molecule has 1 aliphatic carbocycles. The minimum absolute atomic E-state index is 0.183. The second kappa shape index (κ2) is 6.14. The van der Waals surface area contributed by atoms with Crippen molar-refractivity contribution in [3.05, 3.63) is 0 Å². The summed E-state index contributed by atoms with van der Waals surface area (Å²) < 4.78 is 10.4. The number of ether oxygens (including phenoxy) is 2. The van der Waals surface area contributed by atoms with Crippen molar-refractivity contribution in [2.75, 3.05) is 47.0 Å². The van der Waals surface area contributed by atoms with Gasteiger partial charge in [0.1, 0.15) is 0 Å². The Kier molecular flexibility index (Phi) is 4.79. The second-order valence-corrected chi connectivity index (χ2v) is 5.48. The molecule has 2 aliphatic rings. The van der Waals surface area contributed by atoms with Crippen molar-refractivity contribution >= 4 is 0 Å². The molecule has 2 unspecified atom stereocenters. The van der Waals surface area contributed by atoms with Gasteiger partial charge in [-0.1, -0.05) is 0 Å². The molecule has 0 aromatic rings. The van der Waals surface area contributed by atoms with Gasteiger partial charge in [0, 0.05) is 20.8 Å². The monoisotopic (exact) mass is 242 g/mol. The summed E-state index contributed by atoms with van der Waals surface area (Å²) in [6.45, 7) is 5.13. The highest BCUT2D eigenvalue weighted by molar-refractivity contribution is 5.05. The molecule has 0 bridgehead atoms. The molecule has 100 valence electrons. The fourth-order valence-electron chi connectivity index (χ4n) is 3.07. The first-order valence-corrected chi connectivity index (χ1v) is 6.74. The molecule has 1 heterocycles. The molecule has 4 heteroatoms. The lowest BCUT2D eigenvalue weighted by Gasteiger charge is -2.24. The number of hydrogen-bond acceptors (Lipinski definition) is 4. The van der Waals surface area contributed by atoms with Crippen LogP contribution < -0.4 is 10.6 Å². The van der Waals surface area contributed by atoms with Gasteiger partial charge in [0.15, 0.2) is 0 Å². The van der Waals surface area contributed by atoms with Crippen LogP contribution in [0.5, 0.6) is 0 Å². The summed E-state index contributed by atoms with van der Waals surface area (Å²) in [5.41, 5.74) is 0.683. The van der Waals surface area contributed by atoms with E-state index in [4.69, 9.17) is 9.47 Å². The third kappa shape index (κ3) is 3.41. The van der Waals surface area contributed by atoms with Gasteiger partial charge >= 0.3 is 0 Å². The van der Waals surface area contributed by atoms with Crippen LogP contribution in [0.15, 0.2) is 0 Å². The van der Waals surface area contributed by atoms with Crippen molar-refractivity contribution in [2.24, 2.45) is 11.3 Å². The van der Waals surface area contributed by atoms with Gasteiger partial charge in [0.2, 0.25) is 0 Å². The van der Waals surface area contributed by atoms with Crippen LogP contribution in [0, 0.1) is 11.3 Å². The van der Waals surface area contributed by atoms with Crippen LogP contribution in [0.3, 0.4) is 0 Å². The molecule has 1 aliphatic heterocycles. The third-order valence-electron chi connectivity index (χ3n) is 4.41. The lowest BCUT2D eigenvalue weighted by Crippen LogP contribution is -2.35. The zero-order chi connectivity index (χ0) is 12.1. The predicted octanol–water partition coefficient (Wildman–Crippen LogP) is 0.627. The fourth-order valence-corrected chi connectivity index (χ4v) is 3.07. The number of hydrogen-bond donors (Lipinski definition) is 2. The Morgan fingerprint density at radius 3 is 2.76 bits per heavy atom. The van der Waals surface area contributed by atoms with E-state index in [0.29, 0.717) is 12.0 Å². The SMILES string of the molecule is COCC(CNCC1CC12CCNCC2)OC. The summed E-state index contributed by atoms with van der Waals surface area (Å²) in [4.78, 5) is 0. The second-order valence-electron chi connectivity index (χ2n) is 5.48. The average molecular weight is 242 g/mol. The fraction of sp³-hybridized carbons (Fsp3) is 1.00. The Labute approximate surface area is 104 Å². The van der Waals surface area contributed by atoms with Gasteiger partial charge in [-0.3, -0.25) is 0 Å². The average Bonchev–Trinajstić information content (AvgIpc) is 3.01. The summed E-state index contributed by atoms with van der Waals surface area (Å²) in [6, 6.07) is 0. The largest absolute Gasteiger partial charge is 0.382 e. The minimum Gasteiger partial charge on any atom is -0.382 e. The molecule has 17 heavy (non-hydrogen) atoms. The molecule has 0 aromatic carbocycles. The van der Waals surface area contributed by atoms with Crippen molar-refractivity contribution in [1.29, 1.82) is 0 Å². The Bertz CT molecular complexity index is 229. The van der Waals surface area contributed by atoms with E-state index in [2.05, 4.69) is 10.6 Å². The lowest BCUT2D eigenvalue weighted by atomic mass is 9.92. The molecule has 2 rings (SSSR count). The maximum atomic E-state index is 5.33. The predicted molar refractivity (Wildman–Crippen MR) is 68.2 cm³/mol. The van der Waals surface area contributed by atoms with E-state index in [0.717, 1.165) is 19.0 Å². The number of nitrogens with one attached hydrogen (secondary N) is 2. The van der Waals surface area contributed by atoms with Gasteiger partial charge in [-0.05, 0) is 50.2 Å². The highest BCUT2D eigenvalue weighted by Gasteiger charge is 2.53. The molecule has 4 nitrogen and oxygen atoms in total. The summed E-state index contributed by atoms with van der Waals surface area (Å²) in [6.07, 6.45) is 4.34. The van der Waals surface area contributed by atoms with Gasteiger partial charge in [-0.25, -0.2) is 0 Å². The van der Waals surface area contributed by atoms with Crippen LogP contribution in [0.4, 0.5) is 0 Å². The van der Waals surface area contributed by atoms with Crippen LogP contribution >= 0.6 is 0 Å². The zero-order valence-corrected chi connectivity index (χ0v) is 11.1. The molecule has 1 saturated heterocycles. The maximum Gasteiger partial charge on any atom is 0.0928 e. The number of piperidine rings is 1. The maximum absolute atomic E-state index is 5.33. The third-order valence-corrected chi connectivity index (χ3v) is 4.41. The van der Waals surface area contributed by atoms with E-state index in [9.17, 15) is 0 Å². The van der Waals surface area contributed by atoms with Crippen LogP contribution in [0.2, 0.25) is 0 Å². The molecule has 1 saturated carbocycles. The van der Waals surface area contributed by atoms with Gasteiger partial charge in [0.05, 0.1) is 12.7 Å². The van der Waals surface area contributed by atoms with E-state index in [-0.39, 0.29) is 6.10 Å². The molecule has 2 fully saturated rings. The molecule has 2 N–H and O–H groups in total. The van der Waals surface area contributed by atoms with Crippen molar-refractivity contribution in [3.8, 4) is 0 Å². The van der Waals surface area contributed by atoms with E-state index in [1.54, 1.807) is 14.2 Å². The van der Waals surface area contributed by atoms with Gasteiger partial charge in [-0.2, -0.15) is 0 Å². The van der Waals surface area contributed by atoms with Crippen molar-refractivity contribution in [1.82, 2.24) is 10.6 Å². The molecule has 2 atom stereocenters. The Balaban J connectivity index is 1.60. The molecular weight excluding hydrogens is 216 g/mol. The Hall–Kier alpha value is -0.160. The molecule has 0 aromatic heterocycles. The lowest BCUT2D eigenvalue weighted by molar-refractivity contribution is 0.0287. The smallest absolute Gasteiger partial charge is 0.0928 e. The minimum atomic E-state index is 0.183. The highest BCUT2D eigenvalue weighted by atomic mass is 16.5. The summed E-state index contributed by atoms with van der Waals surface area (Å²) >= 11 is 0. The van der Waals surface area contributed by atoms with Crippen LogP contribution in [-0.2, 0) is 9.47 Å². The standard InChI is InChI=1S/C13H26N2O2/c1-16-10-12(17-2)9-15-8-11-7-13(11)3-5-14-6-4-13/h11-12,14-15H,3-10H2,1-2H3. The molecule has 0 radical (unpaired) electrons. The molecular formula is C13H26N2O2. The first-order valence-electron chi connectivity index (χ1n) is 6.74. The topological polar surface area (TPSA) is 42.5 Å². The van der Waals surface area contributed by atoms with Crippen LogP contribution in [0.25, 0.3) is 0 Å². The summed E-state index contributed by atoms with van der Waals surface area (Å²) in [7, 11) is 3.47. The normalized spacial score (nSPS) is 28.2. The quantitative estimate of drug-likeness (QED) is 0.687. The molecule has 1 spiro atoms. The van der Waals surface area contributed by atoms with E-state index in [1.165, 1.54) is 32.4 Å². The summed E-state index contributed by atoms with van der Waals surface area (Å²) in [5, 5.41) is 6.97. The van der Waals surface area contributed by atoms with E-state index >= 15 is 0 Å². The van der Waals surface area contributed by atoms with Crippen molar-refractivity contribution in [3.63, 3.8) is 0 Å². The summed E-state index contributed by atoms with van der Waals surface area (Å²) in [5.74, 6) is 0.893. The van der Waals surface area contributed by atoms with E-state index in [1.807, 2.05) is 0 Å². The Morgan fingerprint density at radius 2 is 2.12 bits per heavy atom. The van der Waals surface area contributed by atoms with Gasteiger partial charge < -0.3 is 20.1 Å².